The Kier molecular flexibility index (Phi) is 6.08. The van der Waals surface area contributed by atoms with Crippen molar-refractivity contribution in [1.29, 1.82) is 0 Å². The summed E-state index contributed by atoms with van der Waals surface area (Å²) in [5.41, 5.74) is 11.4. The van der Waals surface area contributed by atoms with Crippen LogP contribution >= 0.6 is 0 Å². The summed E-state index contributed by atoms with van der Waals surface area (Å²) < 4.78 is 0. The van der Waals surface area contributed by atoms with Crippen LogP contribution in [-0.4, -0.2) is 13.4 Å². The number of unbranched alkanes of at least 4 members (excludes halogenated alkanes) is 2. The van der Waals surface area contributed by atoms with Crippen molar-refractivity contribution in [2.24, 2.45) is 11.7 Å². The van der Waals surface area contributed by atoms with Gasteiger partial charge >= 0.3 is 0 Å². The molecular weight excluding hydrogens is 289 g/mol. The van der Waals surface area contributed by atoms with E-state index in [1.54, 1.807) is 16.7 Å². The fraction of sp³-hybridized carbons (Fsp3) is 0.727. The lowest BCUT2D eigenvalue weighted by Crippen LogP contribution is -2.35. The van der Waals surface area contributed by atoms with Gasteiger partial charge in [-0.15, -0.1) is 0 Å². The average molecular weight is 323 g/mol. The van der Waals surface area contributed by atoms with Gasteiger partial charge in [0.15, 0.2) is 0 Å². The first kappa shape index (κ1) is 18.0. The van der Waals surface area contributed by atoms with E-state index < -0.39 is 0 Å². The summed E-state index contributed by atoms with van der Waals surface area (Å²) in [5, 5.41) is 0. The van der Waals surface area contributed by atoms with Crippen LogP contribution in [0.2, 0.25) is 6.32 Å². The third-order valence-corrected chi connectivity index (χ3v) is 6.70. The van der Waals surface area contributed by atoms with E-state index in [2.05, 4.69) is 25.1 Å². The second kappa shape index (κ2) is 8.08. The SMILES string of the molecule is [B]CCCCCC1CCc2cc([C@@H]3CC[C@](N)(CC)C3)ccc2C1. The molecule has 1 aromatic rings. The van der Waals surface area contributed by atoms with Crippen molar-refractivity contribution in [1.82, 2.24) is 0 Å². The molecule has 0 bridgehead atoms. The van der Waals surface area contributed by atoms with Gasteiger partial charge in [-0.2, -0.15) is 0 Å². The van der Waals surface area contributed by atoms with Gasteiger partial charge in [-0.05, 0) is 73.5 Å². The second-order valence-corrected chi connectivity index (χ2v) is 8.43. The van der Waals surface area contributed by atoms with E-state index in [0.29, 0.717) is 5.92 Å². The molecule has 2 N–H and O–H groups in total. The minimum Gasteiger partial charge on any atom is -0.325 e. The van der Waals surface area contributed by atoms with Crippen LogP contribution in [0, 0.1) is 5.92 Å². The van der Waals surface area contributed by atoms with Gasteiger partial charge in [0.05, 0.1) is 7.85 Å². The van der Waals surface area contributed by atoms with E-state index in [-0.39, 0.29) is 5.54 Å². The van der Waals surface area contributed by atoms with Crippen LogP contribution in [0.5, 0.6) is 0 Å². The molecule has 0 heterocycles. The van der Waals surface area contributed by atoms with Gasteiger partial charge in [0.2, 0.25) is 0 Å². The molecule has 0 saturated heterocycles. The lowest BCUT2D eigenvalue weighted by Gasteiger charge is -2.26. The molecule has 3 atom stereocenters. The average Bonchev–Trinajstić information content (AvgIpc) is 3.01. The third kappa shape index (κ3) is 4.25. The van der Waals surface area contributed by atoms with Crippen LogP contribution in [0.3, 0.4) is 0 Å². The minimum atomic E-state index is 0.0925. The first-order chi connectivity index (χ1) is 11.6. The fourth-order valence-corrected chi connectivity index (χ4v) is 4.87. The number of fused-ring (bicyclic) bond motifs is 1. The van der Waals surface area contributed by atoms with E-state index >= 15 is 0 Å². The van der Waals surface area contributed by atoms with Gasteiger partial charge in [0.25, 0.3) is 0 Å². The van der Waals surface area contributed by atoms with Crippen molar-refractivity contribution in [3.05, 3.63) is 34.9 Å². The predicted octanol–water partition coefficient (Wildman–Crippen LogP) is 5.31. The lowest BCUT2D eigenvalue weighted by atomic mass is 9.79. The summed E-state index contributed by atoms with van der Waals surface area (Å²) in [6.07, 6.45) is 14.8. The molecule has 1 saturated carbocycles. The first-order valence-electron chi connectivity index (χ1n) is 10.2. The summed E-state index contributed by atoms with van der Waals surface area (Å²) >= 11 is 0. The van der Waals surface area contributed by atoms with Crippen molar-refractivity contribution >= 4 is 7.85 Å². The molecule has 2 aliphatic rings. The van der Waals surface area contributed by atoms with Crippen LogP contribution in [0.1, 0.15) is 87.3 Å². The molecule has 1 nitrogen and oxygen atoms in total. The van der Waals surface area contributed by atoms with Crippen molar-refractivity contribution in [2.45, 2.75) is 95.3 Å². The van der Waals surface area contributed by atoms with Crippen molar-refractivity contribution in [3.8, 4) is 0 Å². The zero-order valence-corrected chi connectivity index (χ0v) is 15.5. The molecule has 1 unspecified atom stereocenters. The number of benzene rings is 1. The molecule has 130 valence electrons. The maximum Gasteiger partial charge on any atom is 0.0653 e. The number of hydrogen-bond donors (Lipinski definition) is 1. The highest BCUT2D eigenvalue weighted by Gasteiger charge is 2.35. The topological polar surface area (TPSA) is 26.0 Å². The molecule has 1 aromatic carbocycles. The van der Waals surface area contributed by atoms with E-state index in [4.69, 9.17) is 13.6 Å². The Morgan fingerprint density at radius 1 is 1.17 bits per heavy atom. The molecule has 24 heavy (non-hydrogen) atoms. The molecule has 2 radical (unpaired) electrons. The standard InChI is InChI=1S/C22H34BN/c1-2-22(24)12-11-21(16-22)20-10-9-18-14-17(6-4-3-5-13-23)7-8-19(18)15-20/h9-10,15,17,21H,2-8,11-14,16,24H2,1H3/t17?,21-,22-/m1/s1. The molecule has 2 aliphatic carbocycles. The van der Waals surface area contributed by atoms with Gasteiger partial charge in [0, 0.05) is 5.54 Å². The molecule has 0 spiro atoms. The first-order valence-corrected chi connectivity index (χ1v) is 10.2. The van der Waals surface area contributed by atoms with E-state index in [0.717, 1.165) is 18.7 Å². The minimum absolute atomic E-state index is 0.0925. The van der Waals surface area contributed by atoms with Crippen LogP contribution < -0.4 is 5.73 Å². The molecule has 0 amide bonds. The Labute approximate surface area is 150 Å². The molecular formula is C22H34BN. The lowest BCUT2D eigenvalue weighted by molar-refractivity contribution is 0.407. The molecule has 3 rings (SSSR count). The molecule has 0 aliphatic heterocycles. The van der Waals surface area contributed by atoms with Crippen LogP contribution in [0.25, 0.3) is 0 Å². The summed E-state index contributed by atoms with van der Waals surface area (Å²) in [6, 6.07) is 7.35. The Morgan fingerprint density at radius 3 is 2.79 bits per heavy atom. The molecule has 2 heteroatoms. The van der Waals surface area contributed by atoms with Crippen molar-refractivity contribution in [2.75, 3.05) is 0 Å². The smallest absolute Gasteiger partial charge is 0.0653 e. The summed E-state index contributed by atoms with van der Waals surface area (Å²) in [5.74, 6) is 1.58. The van der Waals surface area contributed by atoms with Crippen LogP contribution in [0.15, 0.2) is 18.2 Å². The zero-order chi connectivity index (χ0) is 17.0. The Morgan fingerprint density at radius 2 is 2.04 bits per heavy atom. The van der Waals surface area contributed by atoms with Gasteiger partial charge in [-0.25, -0.2) is 0 Å². The quantitative estimate of drug-likeness (QED) is 0.534. The number of rotatable bonds is 7. The molecule has 0 aromatic heterocycles. The van der Waals surface area contributed by atoms with E-state index in [1.807, 2.05) is 0 Å². The number of nitrogens with two attached hydrogens (primary N) is 1. The highest BCUT2D eigenvalue weighted by Crippen LogP contribution is 2.42. The number of hydrogen-bond acceptors (Lipinski definition) is 1. The second-order valence-electron chi connectivity index (χ2n) is 8.43. The van der Waals surface area contributed by atoms with Crippen molar-refractivity contribution < 1.29 is 0 Å². The monoisotopic (exact) mass is 323 g/mol. The maximum absolute atomic E-state index is 6.50. The van der Waals surface area contributed by atoms with Gasteiger partial charge in [-0.3, -0.25) is 0 Å². The number of aryl methyl sites for hydroxylation is 1. The van der Waals surface area contributed by atoms with Crippen LogP contribution in [-0.2, 0) is 12.8 Å². The van der Waals surface area contributed by atoms with Gasteiger partial charge in [-0.1, -0.05) is 57.1 Å². The summed E-state index contributed by atoms with van der Waals surface area (Å²) in [7, 11) is 5.59. The predicted molar refractivity (Wildman–Crippen MR) is 105 cm³/mol. The summed E-state index contributed by atoms with van der Waals surface area (Å²) in [4.78, 5) is 0. The molecule has 1 fully saturated rings. The van der Waals surface area contributed by atoms with E-state index in [1.165, 1.54) is 64.2 Å². The highest BCUT2D eigenvalue weighted by molar-refractivity contribution is 6.08. The van der Waals surface area contributed by atoms with Crippen molar-refractivity contribution in [3.63, 3.8) is 0 Å². The van der Waals surface area contributed by atoms with E-state index in [9.17, 15) is 0 Å². The third-order valence-electron chi connectivity index (χ3n) is 6.70. The van der Waals surface area contributed by atoms with Crippen LogP contribution in [0.4, 0.5) is 0 Å². The zero-order valence-electron chi connectivity index (χ0n) is 15.5. The largest absolute Gasteiger partial charge is 0.325 e. The van der Waals surface area contributed by atoms with Gasteiger partial charge in [0.1, 0.15) is 0 Å². The summed E-state index contributed by atoms with van der Waals surface area (Å²) in [6.45, 7) is 2.24. The Balaban J connectivity index is 1.58. The fourth-order valence-electron chi connectivity index (χ4n) is 4.87. The maximum atomic E-state index is 6.50. The van der Waals surface area contributed by atoms with Gasteiger partial charge < -0.3 is 5.73 Å². The Hall–Kier alpha value is -0.755. The normalized spacial score (nSPS) is 29.6. The highest BCUT2D eigenvalue weighted by atomic mass is 14.8. The Bertz CT molecular complexity index is 541.